The highest BCUT2D eigenvalue weighted by molar-refractivity contribution is 5.74. The molecule has 1 aromatic rings. The van der Waals surface area contributed by atoms with Gasteiger partial charge >= 0.3 is 5.69 Å². The van der Waals surface area contributed by atoms with Gasteiger partial charge in [-0.05, 0) is 11.6 Å². The van der Waals surface area contributed by atoms with Gasteiger partial charge in [0.2, 0.25) is 11.7 Å². The number of rotatable bonds is 4. The van der Waals surface area contributed by atoms with Crippen LogP contribution in [0.1, 0.15) is 18.0 Å². The van der Waals surface area contributed by atoms with E-state index in [1.165, 1.54) is 6.07 Å². The summed E-state index contributed by atoms with van der Waals surface area (Å²) in [6.07, 6.45) is -0.150. The number of nitro benzene ring substituents is 1. The molecule has 0 saturated carbocycles. The van der Waals surface area contributed by atoms with Crippen molar-refractivity contribution in [2.75, 3.05) is 0 Å². The van der Waals surface area contributed by atoms with Crippen LogP contribution >= 0.6 is 0 Å². The fraction of sp³-hybridized carbons (Fsp3) is 0.222. The monoisotopic (exact) mass is 227 g/mol. The summed E-state index contributed by atoms with van der Waals surface area (Å²) in [4.78, 5) is 20.2. The molecule has 7 heteroatoms. The molecule has 1 atom stereocenters. The third-order valence-corrected chi connectivity index (χ3v) is 2.02. The lowest BCUT2D eigenvalue weighted by Gasteiger charge is -2.09. The lowest BCUT2D eigenvalue weighted by molar-refractivity contribution is -0.387. The van der Waals surface area contributed by atoms with Gasteiger partial charge in [0.25, 0.3) is 0 Å². The largest absolute Gasteiger partial charge is 0.370 e. The average Bonchev–Trinajstić information content (AvgIpc) is 2.16. The van der Waals surface area contributed by atoms with Gasteiger partial charge in [-0.3, -0.25) is 14.9 Å². The fourth-order valence-corrected chi connectivity index (χ4v) is 1.23. The van der Waals surface area contributed by atoms with Crippen molar-refractivity contribution in [3.8, 4) is 0 Å². The van der Waals surface area contributed by atoms with Crippen LogP contribution in [0.25, 0.3) is 0 Å². The van der Waals surface area contributed by atoms with Crippen molar-refractivity contribution in [2.45, 2.75) is 12.5 Å². The van der Waals surface area contributed by atoms with Crippen molar-refractivity contribution >= 4 is 11.6 Å². The Morgan fingerprint density at radius 2 is 2.19 bits per heavy atom. The maximum absolute atomic E-state index is 13.0. The zero-order valence-electron chi connectivity index (χ0n) is 8.22. The molecule has 0 aromatic heterocycles. The van der Waals surface area contributed by atoms with Crippen molar-refractivity contribution in [3.63, 3.8) is 0 Å². The summed E-state index contributed by atoms with van der Waals surface area (Å²) in [6.45, 7) is 0. The van der Waals surface area contributed by atoms with Gasteiger partial charge in [-0.1, -0.05) is 6.07 Å². The van der Waals surface area contributed by atoms with Crippen molar-refractivity contribution in [3.05, 3.63) is 39.7 Å². The van der Waals surface area contributed by atoms with Gasteiger partial charge in [0, 0.05) is 18.5 Å². The van der Waals surface area contributed by atoms with Gasteiger partial charge in [0.1, 0.15) is 0 Å². The van der Waals surface area contributed by atoms with Crippen LogP contribution in [0.4, 0.5) is 10.1 Å². The van der Waals surface area contributed by atoms with E-state index in [1.807, 2.05) is 0 Å². The molecule has 6 nitrogen and oxygen atoms in total. The SMILES string of the molecule is NC(=O)CC(N)c1ccc(F)c([N+](=O)[O-])c1. The van der Waals surface area contributed by atoms with E-state index in [1.54, 1.807) is 0 Å². The van der Waals surface area contributed by atoms with Gasteiger partial charge in [-0.25, -0.2) is 0 Å². The third-order valence-electron chi connectivity index (χ3n) is 2.02. The van der Waals surface area contributed by atoms with Crippen LogP contribution in [0.15, 0.2) is 18.2 Å². The van der Waals surface area contributed by atoms with Crippen LogP contribution in [0, 0.1) is 15.9 Å². The summed E-state index contributed by atoms with van der Waals surface area (Å²) in [7, 11) is 0. The number of nitrogens with zero attached hydrogens (tertiary/aromatic N) is 1. The molecule has 0 aliphatic carbocycles. The number of amides is 1. The molecular weight excluding hydrogens is 217 g/mol. The summed E-state index contributed by atoms with van der Waals surface area (Å²) in [6, 6.07) is 2.46. The standard InChI is InChI=1S/C9H10FN3O3/c10-6-2-1-5(3-8(6)13(15)16)7(11)4-9(12)14/h1-3,7H,4,11H2,(H2,12,14). The Morgan fingerprint density at radius 1 is 1.56 bits per heavy atom. The molecule has 4 N–H and O–H groups in total. The zero-order valence-corrected chi connectivity index (χ0v) is 8.22. The highest BCUT2D eigenvalue weighted by atomic mass is 19.1. The molecule has 1 unspecified atom stereocenters. The summed E-state index contributed by atoms with van der Waals surface area (Å²) in [5.41, 5.74) is 10.1. The van der Waals surface area contributed by atoms with E-state index >= 15 is 0 Å². The van der Waals surface area contributed by atoms with E-state index in [9.17, 15) is 19.3 Å². The minimum Gasteiger partial charge on any atom is -0.370 e. The molecule has 0 saturated heterocycles. The Labute approximate surface area is 90.2 Å². The van der Waals surface area contributed by atoms with Gasteiger partial charge in [-0.15, -0.1) is 0 Å². The Morgan fingerprint density at radius 3 is 2.69 bits per heavy atom. The zero-order chi connectivity index (χ0) is 12.3. The Kier molecular flexibility index (Phi) is 3.51. The highest BCUT2D eigenvalue weighted by Crippen LogP contribution is 2.22. The van der Waals surface area contributed by atoms with Crippen LogP contribution in [0.2, 0.25) is 0 Å². The number of primary amides is 1. The van der Waals surface area contributed by atoms with Crippen LogP contribution < -0.4 is 11.5 Å². The number of hydrogen-bond acceptors (Lipinski definition) is 4. The smallest absolute Gasteiger partial charge is 0.305 e. The molecule has 0 aliphatic heterocycles. The first kappa shape index (κ1) is 12.1. The van der Waals surface area contributed by atoms with Crippen LogP contribution in [0.5, 0.6) is 0 Å². The van der Waals surface area contributed by atoms with E-state index in [-0.39, 0.29) is 6.42 Å². The summed E-state index contributed by atoms with van der Waals surface area (Å²) >= 11 is 0. The minimum absolute atomic E-state index is 0.150. The van der Waals surface area contributed by atoms with E-state index < -0.39 is 28.4 Å². The molecule has 0 fully saturated rings. The minimum atomic E-state index is -0.944. The van der Waals surface area contributed by atoms with Crippen LogP contribution in [-0.2, 0) is 4.79 Å². The number of halogens is 1. The topological polar surface area (TPSA) is 112 Å². The molecule has 0 spiro atoms. The second kappa shape index (κ2) is 4.67. The number of carbonyl (C=O) groups is 1. The summed E-state index contributed by atoms with van der Waals surface area (Å²) in [5.74, 6) is -1.57. The quantitative estimate of drug-likeness (QED) is 0.579. The van der Waals surface area contributed by atoms with E-state index in [0.29, 0.717) is 5.56 Å². The number of nitro groups is 1. The predicted molar refractivity (Wildman–Crippen MR) is 53.8 cm³/mol. The fourth-order valence-electron chi connectivity index (χ4n) is 1.23. The molecule has 0 aliphatic rings. The molecule has 16 heavy (non-hydrogen) atoms. The number of nitrogens with two attached hydrogens (primary N) is 2. The van der Waals surface area contributed by atoms with Crippen LogP contribution in [-0.4, -0.2) is 10.8 Å². The van der Waals surface area contributed by atoms with Crippen molar-refractivity contribution in [1.29, 1.82) is 0 Å². The second-order valence-electron chi connectivity index (χ2n) is 3.24. The van der Waals surface area contributed by atoms with Gasteiger partial charge < -0.3 is 11.5 Å². The Bertz CT molecular complexity index is 436. The van der Waals surface area contributed by atoms with Gasteiger partial charge in [0.15, 0.2) is 0 Å². The lowest BCUT2D eigenvalue weighted by atomic mass is 10.0. The van der Waals surface area contributed by atoms with Crippen LogP contribution in [0.3, 0.4) is 0 Å². The average molecular weight is 227 g/mol. The molecule has 0 heterocycles. The van der Waals surface area contributed by atoms with E-state index in [2.05, 4.69) is 0 Å². The number of hydrogen-bond donors (Lipinski definition) is 2. The maximum atomic E-state index is 13.0. The summed E-state index contributed by atoms with van der Waals surface area (Å²) in [5, 5.41) is 10.5. The Hall–Kier alpha value is -2.02. The number of benzene rings is 1. The molecule has 86 valence electrons. The second-order valence-corrected chi connectivity index (χ2v) is 3.24. The predicted octanol–water partition coefficient (Wildman–Crippen LogP) is 0.609. The molecule has 0 radical (unpaired) electrons. The van der Waals surface area contributed by atoms with E-state index in [0.717, 1.165) is 12.1 Å². The van der Waals surface area contributed by atoms with Gasteiger partial charge in [-0.2, -0.15) is 4.39 Å². The molecule has 1 rings (SSSR count). The van der Waals surface area contributed by atoms with Crippen molar-refractivity contribution in [1.82, 2.24) is 0 Å². The molecule has 0 bridgehead atoms. The maximum Gasteiger partial charge on any atom is 0.305 e. The van der Waals surface area contributed by atoms with Crippen molar-refractivity contribution in [2.24, 2.45) is 11.5 Å². The normalized spacial score (nSPS) is 12.1. The lowest BCUT2D eigenvalue weighted by Crippen LogP contribution is -2.20. The molecule has 1 aromatic carbocycles. The first-order chi connectivity index (χ1) is 7.41. The highest BCUT2D eigenvalue weighted by Gasteiger charge is 2.17. The molecular formula is C9H10FN3O3. The van der Waals surface area contributed by atoms with Crippen molar-refractivity contribution < 1.29 is 14.1 Å². The number of carbonyl (C=O) groups excluding carboxylic acids is 1. The first-order valence-corrected chi connectivity index (χ1v) is 4.39. The van der Waals surface area contributed by atoms with E-state index in [4.69, 9.17) is 11.5 Å². The Balaban J connectivity index is 3.02. The van der Waals surface area contributed by atoms with Gasteiger partial charge in [0.05, 0.1) is 4.92 Å². The summed E-state index contributed by atoms with van der Waals surface area (Å²) < 4.78 is 13.0. The molecule has 1 amide bonds. The third kappa shape index (κ3) is 2.74. The first-order valence-electron chi connectivity index (χ1n) is 4.39.